The average Bonchev–Trinajstić information content (AvgIpc) is 2.49. The minimum absolute atomic E-state index is 0.214. The van der Waals surface area contributed by atoms with E-state index in [9.17, 15) is 4.79 Å². The van der Waals surface area contributed by atoms with E-state index >= 15 is 0 Å². The highest BCUT2D eigenvalue weighted by Gasteiger charge is 2.09. The van der Waals surface area contributed by atoms with Crippen LogP contribution in [0.5, 0.6) is 0 Å². The van der Waals surface area contributed by atoms with Gasteiger partial charge in [-0.25, -0.2) is 0 Å². The Morgan fingerprint density at radius 1 is 1.09 bits per heavy atom. The summed E-state index contributed by atoms with van der Waals surface area (Å²) >= 11 is 11.2. The number of rotatable bonds is 3. The SMILES string of the molecule is CC(C)c1ccc(C(=O)NC(=S)Nc2ccccc2Cl)cc1. The lowest BCUT2D eigenvalue weighted by molar-refractivity contribution is 0.0977. The van der Waals surface area contributed by atoms with Crippen molar-refractivity contribution in [3.63, 3.8) is 0 Å². The van der Waals surface area contributed by atoms with Gasteiger partial charge in [-0.2, -0.15) is 0 Å². The van der Waals surface area contributed by atoms with Crippen molar-refractivity contribution >= 4 is 40.5 Å². The Labute approximate surface area is 140 Å². The zero-order chi connectivity index (χ0) is 16.1. The lowest BCUT2D eigenvalue weighted by Gasteiger charge is -2.11. The molecule has 0 aliphatic heterocycles. The Bertz CT molecular complexity index is 683. The predicted octanol–water partition coefficient (Wildman–Crippen LogP) is 4.59. The number of hydrogen-bond donors (Lipinski definition) is 2. The molecular formula is C17H17ClN2OS. The smallest absolute Gasteiger partial charge is 0.257 e. The van der Waals surface area contributed by atoms with Gasteiger partial charge in [0, 0.05) is 5.56 Å². The van der Waals surface area contributed by atoms with Crippen molar-refractivity contribution in [2.24, 2.45) is 0 Å². The number of hydrogen-bond acceptors (Lipinski definition) is 2. The highest BCUT2D eigenvalue weighted by atomic mass is 35.5. The van der Waals surface area contributed by atoms with E-state index in [0.29, 0.717) is 22.2 Å². The van der Waals surface area contributed by atoms with Gasteiger partial charge in [-0.15, -0.1) is 0 Å². The number of benzene rings is 2. The maximum absolute atomic E-state index is 12.1. The van der Waals surface area contributed by atoms with Crippen LogP contribution in [0.4, 0.5) is 5.69 Å². The zero-order valence-electron chi connectivity index (χ0n) is 12.4. The van der Waals surface area contributed by atoms with Crippen LogP contribution < -0.4 is 10.6 Å². The molecule has 0 fully saturated rings. The molecule has 0 aromatic heterocycles. The quantitative estimate of drug-likeness (QED) is 0.808. The van der Waals surface area contributed by atoms with E-state index in [0.717, 1.165) is 0 Å². The Kier molecular flexibility index (Phi) is 5.52. The van der Waals surface area contributed by atoms with Crippen molar-refractivity contribution in [1.29, 1.82) is 0 Å². The molecule has 0 spiro atoms. The van der Waals surface area contributed by atoms with Crippen LogP contribution in [0.25, 0.3) is 0 Å². The van der Waals surface area contributed by atoms with E-state index in [1.165, 1.54) is 5.56 Å². The third kappa shape index (κ3) is 4.29. The number of carbonyl (C=O) groups is 1. The van der Waals surface area contributed by atoms with Gasteiger partial charge in [0.1, 0.15) is 0 Å². The molecule has 2 aromatic rings. The maximum Gasteiger partial charge on any atom is 0.257 e. The van der Waals surface area contributed by atoms with Gasteiger partial charge in [-0.1, -0.05) is 49.7 Å². The van der Waals surface area contributed by atoms with Gasteiger partial charge in [0.25, 0.3) is 5.91 Å². The molecule has 1 amide bonds. The first-order valence-corrected chi connectivity index (χ1v) is 7.73. The van der Waals surface area contributed by atoms with Gasteiger partial charge in [0.15, 0.2) is 5.11 Å². The third-order valence-electron chi connectivity index (χ3n) is 3.19. The Morgan fingerprint density at radius 3 is 2.32 bits per heavy atom. The Balaban J connectivity index is 1.99. The molecule has 0 aliphatic carbocycles. The van der Waals surface area contributed by atoms with Gasteiger partial charge in [-0.05, 0) is 48.0 Å². The number of carbonyl (C=O) groups excluding carboxylic acids is 1. The first-order valence-electron chi connectivity index (χ1n) is 6.94. The van der Waals surface area contributed by atoms with Gasteiger partial charge < -0.3 is 5.32 Å². The lowest BCUT2D eigenvalue weighted by Crippen LogP contribution is -2.34. The van der Waals surface area contributed by atoms with Crippen molar-refractivity contribution < 1.29 is 4.79 Å². The number of thiocarbonyl (C=S) groups is 1. The van der Waals surface area contributed by atoms with E-state index in [-0.39, 0.29) is 11.0 Å². The van der Waals surface area contributed by atoms with Gasteiger partial charge in [0.2, 0.25) is 0 Å². The van der Waals surface area contributed by atoms with Crippen LogP contribution >= 0.6 is 23.8 Å². The van der Waals surface area contributed by atoms with E-state index in [2.05, 4.69) is 24.5 Å². The zero-order valence-corrected chi connectivity index (χ0v) is 14.0. The second-order valence-corrected chi connectivity index (χ2v) is 5.98. The van der Waals surface area contributed by atoms with Crippen molar-refractivity contribution in [3.8, 4) is 0 Å². The summed E-state index contributed by atoms with van der Waals surface area (Å²) in [4.78, 5) is 12.1. The molecule has 0 bridgehead atoms. The number of para-hydroxylation sites is 1. The number of anilines is 1. The molecule has 0 saturated heterocycles. The van der Waals surface area contributed by atoms with Crippen LogP contribution in [0.15, 0.2) is 48.5 Å². The van der Waals surface area contributed by atoms with Crippen LogP contribution in [0.1, 0.15) is 35.7 Å². The summed E-state index contributed by atoms with van der Waals surface area (Å²) in [5.74, 6) is 0.180. The fourth-order valence-corrected chi connectivity index (χ4v) is 2.30. The second-order valence-electron chi connectivity index (χ2n) is 5.16. The topological polar surface area (TPSA) is 41.1 Å². The number of halogens is 1. The molecule has 0 saturated carbocycles. The molecule has 0 atom stereocenters. The summed E-state index contributed by atoms with van der Waals surface area (Å²) in [7, 11) is 0. The monoisotopic (exact) mass is 332 g/mol. The van der Waals surface area contributed by atoms with Crippen molar-refractivity contribution in [2.45, 2.75) is 19.8 Å². The second kappa shape index (κ2) is 7.38. The maximum atomic E-state index is 12.1. The number of nitrogens with one attached hydrogen (secondary N) is 2. The fourth-order valence-electron chi connectivity index (χ4n) is 1.91. The van der Waals surface area contributed by atoms with Crippen LogP contribution in [0.2, 0.25) is 5.02 Å². The van der Waals surface area contributed by atoms with Gasteiger partial charge in [-0.3, -0.25) is 10.1 Å². The van der Waals surface area contributed by atoms with Crippen LogP contribution in [-0.4, -0.2) is 11.0 Å². The third-order valence-corrected chi connectivity index (χ3v) is 3.72. The first-order chi connectivity index (χ1) is 10.5. The van der Waals surface area contributed by atoms with Crippen LogP contribution in [0, 0.1) is 0 Å². The van der Waals surface area contributed by atoms with Gasteiger partial charge >= 0.3 is 0 Å². The molecule has 0 heterocycles. The first kappa shape index (κ1) is 16.5. The van der Waals surface area contributed by atoms with E-state index in [1.807, 2.05) is 24.3 Å². The van der Waals surface area contributed by atoms with E-state index < -0.39 is 0 Å². The minimum Gasteiger partial charge on any atom is -0.331 e. The molecule has 2 aromatic carbocycles. The summed E-state index contributed by atoms with van der Waals surface area (Å²) in [6.07, 6.45) is 0. The van der Waals surface area contributed by atoms with Crippen molar-refractivity contribution in [2.75, 3.05) is 5.32 Å². The Hall–Kier alpha value is -1.91. The summed E-state index contributed by atoms with van der Waals surface area (Å²) in [5, 5.41) is 6.31. The standard InChI is InChI=1S/C17H17ClN2OS/c1-11(2)12-7-9-13(10-8-12)16(21)20-17(22)19-15-6-4-3-5-14(15)18/h3-11H,1-2H3,(H2,19,20,21,22). The molecule has 5 heteroatoms. The summed E-state index contributed by atoms with van der Waals surface area (Å²) in [6, 6.07) is 14.7. The molecule has 22 heavy (non-hydrogen) atoms. The summed E-state index contributed by atoms with van der Waals surface area (Å²) in [6.45, 7) is 4.22. The molecule has 2 rings (SSSR count). The minimum atomic E-state index is -0.250. The van der Waals surface area contributed by atoms with Gasteiger partial charge in [0.05, 0.1) is 10.7 Å². The Morgan fingerprint density at radius 2 is 1.73 bits per heavy atom. The molecule has 114 valence electrons. The summed E-state index contributed by atoms with van der Waals surface area (Å²) < 4.78 is 0. The van der Waals surface area contributed by atoms with E-state index in [4.69, 9.17) is 23.8 Å². The number of amides is 1. The molecule has 0 aliphatic rings. The molecular weight excluding hydrogens is 316 g/mol. The average molecular weight is 333 g/mol. The highest BCUT2D eigenvalue weighted by Crippen LogP contribution is 2.20. The molecule has 0 unspecified atom stereocenters. The fraction of sp³-hybridized carbons (Fsp3) is 0.176. The highest BCUT2D eigenvalue weighted by molar-refractivity contribution is 7.80. The van der Waals surface area contributed by atoms with Crippen LogP contribution in [0.3, 0.4) is 0 Å². The lowest BCUT2D eigenvalue weighted by atomic mass is 10.0. The normalized spacial score (nSPS) is 10.4. The molecule has 0 radical (unpaired) electrons. The van der Waals surface area contributed by atoms with Crippen molar-refractivity contribution in [1.82, 2.24) is 5.32 Å². The van der Waals surface area contributed by atoms with Crippen LogP contribution in [-0.2, 0) is 0 Å². The molecule has 2 N–H and O–H groups in total. The van der Waals surface area contributed by atoms with E-state index in [1.54, 1.807) is 24.3 Å². The molecule has 3 nitrogen and oxygen atoms in total. The van der Waals surface area contributed by atoms with Crippen molar-refractivity contribution in [3.05, 3.63) is 64.7 Å². The summed E-state index contributed by atoms with van der Waals surface area (Å²) in [5.41, 5.74) is 2.41. The predicted molar refractivity (Wildman–Crippen MR) is 95.7 cm³/mol. The largest absolute Gasteiger partial charge is 0.331 e.